The Labute approximate surface area is 124 Å². The van der Waals surface area contributed by atoms with Crippen molar-refractivity contribution in [1.29, 1.82) is 0 Å². The third-order valence-corrected chi connectivity index (χ3v) is 3.59. The van der Waals surface area contributed by atoms with E-state index in [-0.39, 0.29) is 25.2 Å². The van der Waals surface area contributed by atoms with E-state index in [2.05, 4.69) is 10.6 Å². The molecule has 1 aromatic carbocycles. The van der Waals surface area contributed by atoms with Gasteiger partial charge in [0.05, 0.1) is 18.4 Å². The first-order valence-electron chi connectivity index (χ1n) is 7.23. The van der Waals surface area contributed by atoms with Crippen LogP contribution in [-0.4, -0.2) is 41.9 Å². The van der Waals surface area contributed by atoms with Gasteiger partial charge in [0.2, 0.25) is 0 Å². The van der Waals surface area contributed by atoms with Crippen molar-refractivity contribution < 1.29 is 19.7 Å². The van der Waals surface area contributed by atoms with Crippen LogP contribution in [0.1, 0.15) is 31.4 Å². The van der Waals surface area contributed by atoms with Crippen LogP contribution in [0.3, 0.4) is 0 Å². The van der Waals surface area contributed by atoms with E-state index in [0.717, 1.165) is 12.0 Å². The van der Waals surface area contributed by atoms with Gasteiger partial charge in [0.15, 0.2) is 6.61 Å². The van der Waals surface area contributed by atoms with Gasteiger partial charge in [-0.1, -0.05) is 13.0 Å². The zero-order chi connectivity index (χ0) is 15.2. The maximum atomic E-state index is 11.3. The summed E-state index contributed by atoms with van der Waals surface area (Å²) in [5, 5.41) is 25.2. The number of rotatable bonds is 7. The summed E-state index contributed by atoms with van der Waals surface area (Å²) in [6.45, 7) is 2.73. The van der Waals surface area contributed by atoms with E-state index in [9.17, 15) is 9.90 Å². The molecule has 2 atom stereocenters. The molecule has 1 aromatic rings. The average Bonchev–Trinajstić information content (AvgIpc) is 2.50. The lowest BCUT2D eigenvalue weighted by Gasteiger charge is -2.20. The molecule has 0 spiro atoms. The second-order valence-electron chi connectivity index (χ2n) is 5.14. The molecular formula is C15H22N2O4. The number of benzene rings is 1. The highest BCUT2D eigenvalue weighted by Gasteiger charge is 2.18. The van der Waals surface area contributed by atoms with Crippen LogP contribution in [0.2, 0.25) is 0 Å². The van der Waals surface area contributed by atoms with Crippen molar-refractivity contribution in [3.63, 3.8) is 0 Å². The number of carbonyl (C=O) groups excluding carboxylic acids is 1. The standard InChI is InChI=1S/C15H22N2O4/c1-2-11(8-18)16-6-5-13(19)10-3-4-14-12(7-10)17-15(20)9-21-14/h3-4,7,11,13,16,18-19H,2,5-6,8-9H2,1H3,(H,17,20). The molecule has 0 fully saturated rings. The number of nitrogens with one attached hydrogen (secondary N) is 2. The maximum Gasteiger partial charge on any atom is 0.262 e. The second kappa shape index (κ2) is 7.40. The molecular weight excluding hydrogens is 272 g/mol. The van der Waals surface area contributed by atoms with Crippen molar-refractivity contribution in [1.82, 2.24) is 5.32 Å². The molecule has 0 bridgehead atoms. The lowest BCUT2D eigenvalue weighted by molar-refractivity contribution is -0.118. The number of hydrogen-bond donors (Lipinski definition) is 4. The molecule has 4 N–H and O–H groups in total. The van der Waals surface area contributed by atoms with Gasteiger partial charge in [0.25, 0.3) is 5.91 Å². The molecule has 2 rings (SSSR count). The van der Waals surface area contributed by atoms with Gasteiger partial charge in [0, 0.05) is 6.04 Å². The normalized spacial score (nSPS) is 16.6. The molecule has 1 aliphatic rings. The quantitative estimate of drug-likeness (QED) is 0.597. The smallest absolute Gasteiger partial charge is 0.262 e. The van der Waals surface area contributed by atoms with Crippen LogP contribution in [0.25, 0.3) is 0 Å². The maximum absolute atomic E-state index is 11.3. The molecule has 1 aliphatic heterocycles. The van der Waals surface area contributed by atoms with Crippen molar-refractivity contribution in [3.8, 4) is 5.75 Å². The molecule has 1 amide bonds. The van der Waals surface area contributed by atoms with Crippen molar-refractivity contribution in [2.24, 2.45) is 0 Å². The summed E-state index contributed by atoms with van der Waals surface area (Å²) in [6, 6.07) is 5.35. The minimum absolute atomic E-state index is 0.0262. The lowest BCUT2D eigenvalue weighted by Crippen LogP contribution is -2.33. The summed E-state index contributed by atoms with van der Waals surface area (Å²) in [4.78, 5) is 11.3. The summed E-state index contributed by atoms with van der Waals surface area (Å²) < 4.78 is 5.28. The highest BCUT2D eigenvalue weighted by Crippen LogP contribution is 2.31. The van der Waals surface area contributed by atoms with Crippen LogP contribution in [0.5, 0.6) is 5.75 Å². The van der Waals surface area contributed by atoms with Crippen molar-refractivity contribution in [2.45, 2.75) is 31.9 Å². The Morgan fingerprint density at radius 3 is 3.00 bits per heavy atom. The number of anilines is 1. The van der Waals surface area contributed by atoms with E-state index in [4.69, 9.17) is 9.84 Å². The number of ether oxygens (including phenoxy) is 1. The van der Waals surface area contributed by atoms with Crippen LogP contribution < -0.4 is 15.4 Å². The summed E-state index contributed by atoms with van der Waals surface area (Å²) in [7, 11) is 0. The molecule has 1 heterocycles. The molecule has 2 unspecified atom stereocenters. The third kappa shape index (κ3) is 4.17. The van der Waals surface area contributed by atoms with E-state index >= 15 is 0 Å². The molecule has 21 heavy (non-hydrogen) atoms. The molecule has 0 aromatic heterocycles. The minimum atomic E-state index is -0.627. The van der Waals surface area contributed by atoms with E-state index in [1.807, 2.05) is 6.92 Å². The van der Waals surface area contributed by atoms with Gasteiger partial charge in [-0.05, 0) is 37.1 Å². The van der Waals surface area contributed by atoms with Crippen LogP contribution in [-0.2, 0) is 4.79 Å². The van der Waals surface area contributed by atoms with Crippen LogP contribution >= 0.6 is 0 Å². The van der Waals surface area contributed by atoms with E-state index in [1.54, 1.807) is 18.2 Å². The number of aliphatic hydroxyl groups is 2. The first-order valence-corrected chi connectivity index (χ1v) is 7.23. The zero-order valence-electron chi connectivity index (χ0n) is 12.1. The minimum Gasteiger partial charge on any atom is -0.482 e. The third-order valence-electron chi connectivity index (χ3n) is 3.59. The van der Waals surface area contributed by atoms with Crippen molar-refractivity contribution in [3.05, 3.63) is 23.8 Å². The topological polar surface area (TPSA) is 90.8 Å². The Morgan fingerprint density at radius 2 is 2.29 bits per heavy atom. The highest BCUT2D eigenvalue weighted by molar-refractivity contribution is 5.95. The van der Waals surface area contributed by atoms with E-state index in [1.165, 1.54) is 0 Å². The summed E-state index contributed by atoms with van der Waals surface area (Å²) in [6.07, 6.45) is 0.747. The average molecular weight is 294 g/mol. The Morgan fingerprint density at radius 1 is 1.48 bits per heavy atom. The fourth-order valence-corrected chi connectivity index (χ4v) is 2.24. The molecule has 0 saturated heterocycles. The number of amides is 1. The predicted octanol–water partition coefficient (Wildman–Crippen LogP) is 0.801. The largest absolute Gasteiger partial charge is 0.482 e. The second-order valence-corrected chi connectivity index (χ2v) is 5.14. The monoisotopic (exact) mass is 294 g/mol. The van der Waals surface area contributed by atoms with Crippen LogP contribution in [0.15, 0.2) is 18.2 Å². The fraction of sp³-hybridized carbons (Fsp3) is 0.533. The molecule has 116 valence electrons. The molecule has 6 nitrogen and oxygen atoms in total. The number of hydrogen-bond acceptors (Lipinski definition) is 5. The molecule has 0 radical (unpaired) electrons. The first-order chi connectivity index (χ1) is 10.1. The molecule has 0 saturated carbocycles. The van der Waals surface area contributed by atoms with Gasteiger partial charge in [0.1, 0.15) is 5.75 Å². The zero-order valence-corrected chi connectivity index (χ0v) is 12.1. The summed E-state index contributed by atoms with van der Waals surface area (Å²) in [5.74, 6) is 0.430. The predicted molar refractivity (Wildman–Crippen MR) is 79.3 cm³/mol. The van der Waals surface area contributed by atoms with Crippen molar-refractivity contribution >= 4 is 11.6 Å². The van der Waals surface area contributed by atoms with Gasteiger partial charge in [-0.3, -0.25) is 4.79 Å². The Hall–Kier alpha value is -1.63. The first kappa shape index (κ1) is 15.8. The summed E-state index contributed by atoms with van der Waals surface area (Å²) >= 11 is 0. The van der Waals surface area contributed by atoms with E-state index < -0.39 is 6.10 Å². The van der Waals surface area contributed by atoms with Gasteiger partial charge in [-0.15, -0.1) is 0 Å². The van der Waals surface area contributed by atoms with Crippen LogP contribution in [0, 0.1) is 0 Å². The lowest BCUT2D eigenvalue weighted by atomic mass is 10.0. The number of carbonyl (C=O) groups is 1. The summed E-state index contributed by atoms with van der Waals surface area (Å²) in [5.41, 5.74) is 1.33. The van der Waals surface area contributed by atoms with Gasteiger partial charge < -0.3 is 25.6 Å². The Balaban J connectivity index is 1.92. The Bertz CT molecular complexity index is 489. The molecule has 6 heteroatoms. The van der Waals surface area contributed by atoms with Crippen molar-refractivity contribution in [2.75, 3.05) is 25.1 Å². The fourth-order valence-electron chi connectivity index (χ4n) is 2.24. The van der Waals surface area contributed by atoms with Gasteiger partial charge in [-0.2, -0.15) is 0 Å². The van der Waals surface area contributed by atoms with E-state index in [0.29, 0.717) is 24.4 Å². The van der Waals surface area contributed by atoms with Gasteiger partial charge >= 0.3 is 0 Å². The highest BCUT2D eigenvalue weighted by atomic mass is 16.5. The van der Waals surface area contributed by atoms with Crippen LogP contribution in [0.4, 0.5) is 5.69 Å². The number of aliphatic hydroxyl groups excluding tert-OH is 2. The number of fused-ring (bicyclic) bond motifs is 1. The Kier molecular flexibility index (Phi) is 5.55. The SMILES string of the molecule is CCC(CO)NCCC(O)c1ccc2c(c1)NC(=O)CO2. The molecule has 0 aliphatic carbocycles. The van der Waals surface area contributed by atoms with Gasteiger partial charge in [-0.25, -0.2) is 0 Å².